The number of pyridine rings is 1. The van der Waals surface area contributed by atoms with Crippen LogP contribution in [0.3, 0.4) is 0 Å². The lowest BCUT2D eigenvalue weighted by Crippen LogP contribution is -2.21. The average Bonchev–Trinajstić information content (AvgIpc) is 2.42. The third-order valence-electron chi connectivity index (χ3n) is 3.08. The van der Waals surface area contributed by atoms with Gasteiger partial charge in [0.25, 0.3) is 0 Å². The van der Waals surface area contributed by atoms with Crippen molar-refractivity contribution in [2.24, 2.45) is 0 Å². The number of aryl methyl sites for hydroxylation is 2. The maximum Gasteiger partial charge on any atom is 0.145 e. The molecule has 0 fully saturated rings. The quantitative estimate of drug-likeness (QED) is 0.892. The van der Waals surface area contributed by atoms with E-state index in [-0.39, 0.29) is 0 Å². The Bertz CT molecular complexity index is 562. The van der Waals surface area contributed by atoms with Gasteiger partial charge in [0.15, 0.2) is 0 Å². The van der Waals surface area contributed by atoms with E-state index in [4.69, 9.17) is 4.74 Å². The molecule has 0 bridgehead atoms. The summed E-state index contributed by atoms with van der Waals surface area (Å²) in [5, 5.41) is 3.41. The van der Waals surface area contributed by atoms with Gasteiger partial charge in [0, 0.05) is 18.3 Å². The topological polar surface area (TPSA) is 34.1 Å². The highest BCUT2D eigenvalue weighted by atomic mass is 16.5. The van der Waals surface area contributed by atoms with Crippen molar-refractivity contribution >= 4 is 0 Å². The monoisotopic (exact) mass is 270 g/mol. The van der Waals surface area contributed by atoms with Crippen molar-refractivity contribution in [2.45, 2.75) is 40.3 Å². The van der Waals surface area contributed by atoms with Crippen LogP contribution < -0.4 is 10.1 Å². The summed E-state index contributed by atoms with van der Waals surface area (Å²) in [7, 11) is 0. The predicted octanol–water partition coefficient (Wildman–Crippen LogP) is 3.99. The van der Waals surface area contributed by atoms with E-state index in [1.54, 1.807) is 6.20 Å². The molecule has 1 N–H and O–H groups in total. The van der Waals surface area contributed by atoms with E-state index < -0.39 is 0 Å². The van der Waals surface area contributed by atoms with Gasteiger partial charge in [0.2, 0.25) is 0 Å². The summed E-state index contributed by atoms with van der Waals surface area (Å²) < 4.78 is 5.92. The molecule has 0 aliphatic heterocycles. The Kier molecular flexibility index (Phi) is 4.74. The highest BCUT2D eigenvalue weighted by Gasteiger charge is 2.04. The maximum atomic E-state index is 5.92. The first-order valence-corrected chi connectivity index (χ1v) is 6.98. The van der Waals surface area contributed by atoms with Crippen molar-refractivity contribution in [3.8, 4) is 11.5 Å². The van der Waals surface area contributed by atoms with Gasteiger partial charge < -0.3 is 10.1 Å². The molecule has 1 aromatic heterocycles. The molecular formula is C17H22N2O. The fourth-order valence-electron chi connectivity index (χ4n) is 1.83. The normalized spacial score (nSPS) is 10.8. The molecule has 0 spiro atoms. The van der Waals surface area contributed by atoms with E-state index in [0.29, 0.717) is 6.04 Å². The smallest absolute Gasteiger partial charge is 0.145 e. The first kappa shape index (κ1) is 14.5. The second-order valence-corrected chi connectivity index (χ2v) is 5.37. The number of rotatable bonds is 5. The Balaban J connectivity index is 2.13. The minimum Gasteiger partial charge on any atom is -0.455 e. The molecule has 2 aromatic rings. The van der Waals surface area contributed by atoms with Crippen LogP contribution in [0.15, 0.2) is 36.5 Å². The molecule has 0 aliphatic rings. The van der Waals surface area contributed by atoms with Crippen LogP contribution in [0.1, 0.15) is 30.7 Å². The van der Waals surface area contributed by atoms with Crippen molar-refractivity contribution in [3.63, 3.8) is 0 Å². The summed E-state index contributed by atoms with van der Waals surface area (Å²) in [5.41, 5.74) is 3.34. The molecule has 0 amide bonds. The van der Waals surface area contributed by atoms with Crippen molar-refractivity contribution in [3.05, 3.63) is 53.3 Å². The van der Waals surface area contributed by atoms with Crippen molar-refractivity contribution in [1.29, 1.82) is 0 Å². The van der Waals surface area contributed by atoms with E-state index in [1.807, 2.05) is 19.1 Å². The zero-order valence-electron chi connectivity index (χ0n) is 12.6. The lowest BCUT2D eigenvalue weighted by molar-refractivity contribution is 0.474. The first-order chi connectivity index (χ1) is 9.54. The van der Waals surface area contributed by atoms with Crippen molar-refractivity contribution in [1.82, 2.24) is 10.3 Å². The van der Waals surface area contributed by atoms with Gasteiger partial charge in [0.1, 0.15) is 11.5 Å². The zero-order chi connectivity index (χ0) is 14.5. The number of nitrogens with zero attached hydrogens (tertiary/aromatic N) is 1. The molecule has 0 saturated heterocycles. The lowest BCUT2D eigenvalue weighted by atomic mass is 10.1. The van der Waals surface area contributed by atoms with Crippen LogP contribution in [-0.4, -0.2) is 11.0 Å². The minimum atomic E-state index is 0.474. The summed E-state index contributed by atoms with van der Waals surface area (Å²) in [6.45, 7) is 9.15. The number of ether oxygens (including phenoxy) is 1. The van der Waals surface area contributed by atoms with Crippen LogP contribution in [0.5, 0.6) is 11.5 Å². The van der Waals surface area contributed by atoms with Crippen LogP contribution in [-0.2, 0) is 6.54 Å². The molecule has 0 aliphatic carbocycles. The summed E-state index contributed by atoms with van der Waals surface area (Å²) in [6, 6.07) is 10.7. The van der Waals surface area contributed by atoms with Crippen LogP contribution in [0.2, 0.25) is 0 Å². The van der Waals surface area contributed by atoms with Gasteiger partial charge in [-0.25, -0.2) is 0 Å². The fraction of sp³-hybridized carbons (Fsp3) is 0.353. The standard InChI is InChI=1S/C17H22N2O/c1-12(2)18-10-15-7-5-13(3)17(9-15)20-16-8-6-14(4)19-11-16/h5-9,11-12,18H,10H2,1-4H3. The van der Waals surface area contributed by atoms with Crippen molar-refractivity contribution < 1.29 is 4.74 Å². The molecule has 3 heteroatoms. The molecule has 0 radical (unpaired) electrons. The molecule has 0 atom stereocenters. The minimum absolute atomic E-state index is 0.474. The van der Waals surface area contributed by atoms with E-state index in [9.17, 15) is 0 Å². The molecule has 0 unspecified atom stereocenters. The largest absolute Gasteiger partial charge is 0.455 e. The maximum absolute atomic E-state index is 5.92. The number of aromatic nitrogens is 1. The number of benzene rings is 1. The highest BCUT2D eigenvalue weighted by Crippen LogP contribution is 2.25. The second-order valence-electron chi connectivity index (χ2n) is 5.37. The second kappa shape index (κ2) is 6.53. The van der Waals surface area contributed by atoms with Crippen LogP contribution >= 0.6 is 0 Å². The van der Waals surface area contributed by atoms with Gasteiger partial charge in [-0.2, -0.15) is 0 Å². The molecule has 1 aromatic carbocycles. The molecule has 1 heterocycles. The third-order valence-corrected chi connectivity index (χ3v) is 3.08. The van der Waals surface area contributed by atoms with E-state index in [2.05, 4.69) is 49.3 Å². The SMILES string of the molecule is Cc1ccc(Oc2cc(CNC(C)C)ccc2C)cn1. The molecule has 106 valence electrons. The van der Waals surface area contributed by atoms with Crippen LogP contribution in [0.4, 0.5) is 0 Å². The van der Waals surface area contributed by atoms with E-state index >= 15 is 0 Å². The lowest BCUT2D eigenvalue weighted by Gasteiger charge is -2.12. The third kappa shape index (κ3) is 4.07. The highest BCUT2D eigenvalue weighted by molar-refractivity contribution is 5.39. The van der Waals surface area contributed by atoms with Gasteiger partial charge >= 0.3 is 0 Å². The van der Waals surface area contributed by atoms with E-state index in [1.165, 1.54) is 5.56 Å². The van der Waals surface area contributed by atoms with Crippen LogP contribution in [0.25, 0.3) is 0 Å². The number of hydrogen-bond donors (Lipinski definition) is 1. The van der Waals surface area contributed by atoms with Gasteiger partial charge in [-0.3, -0.25) is 4.98 Å². The Morgan fingerprint density at radius 1 is 1.15 bits per heavy atom. The molecule has 2 rings (SSSR count). The summed E-state index contributed by atoms with van der Waals surface area (Å²) in [5.74, 6) is 1.66. The molecular weight excluding hydrogens is 248 g/mol. The Morgan fingerprint density at radius 2 is 1.95 bits per heavy atom. The van der Waals surface area contributed by atoms with Gasteiger partial charge in [0.05, 0.1) is 6.20 Å². The van der Waals surface area contributed by atoms with Gasteiger partial charge in [-0.1, -0.05) is 26.0 Å². The molecule has 3 nitrogen and oxygen atoms in total. The summed E-state index contributed by atoms with van der Waals surface area (Å²) >= 11 is 0. The van der Waals surface area contributed by atoms with Crippen molar-refractivity contribution in [2.75, 3.05) is 0 Å². The summed E-state index contributed by atoms with van der Waals surface area (Å²) in [6.07, 6.45) is 1.76. The van der Waals surface area contributed by atoms with Crippen LogP contribution in [0, 0.1) is 13.8 Å². The predicted molar refractivity (Wildman–Crippen MR) is 82.2 cm³/mol. The molecule has 0 saturated carbocycles. The van der Waals surface area contributed by atoms with E-state index in [0.717, 1.165) is 29.3 Å². The Hall–Kier alpha value is -1.87. The van der Waals surface area contributed by atoms with Gasteiger partial charge in [-0.05, 0) is 43.2 Å². The average molecular weight is 270 g/mol. The molecule has 20 heavy (non-hydrogen) atoms. The number of hydrogen-bond acceptors (Lipinski definition) is 3. The summed E-state index contributed by atoms with van der Waals surface area (Å²) in [4.78, 5) is 4.25. The zero-order valence-corrected chi connectivity index (χ0v) is 12.6. The fourth-order valence-corrected chi connectivity index (χ4v) is 1.83. The first-order valence-electron chi connectivity index (χ1n) is 6.98. The number of nitrogens with one attached hydrogen (secondary N) is 1. The Labute approximate surface area is 121 Å². The Morgan fingerprint density at radius 3 is 2.60 bits per heavy atom. The van der Waals surface area contributed by atoms with Gasteiger partial charge in [-0.15, -0.1) is 0 Å².